The van der Waals surface area contributed by atoms with Crippen molar-refractivity contribution in [3.63, 3.8) is 0 Å². The van der Waals surface area contributed by atoms with E-state index in [0.717, 1.165) is 0 Å². The maximum absolute atomic E-state index is 12.0. The maximum Gasteiger partial charge on any atom is 0.344 e. The van der Waals surface area contributed by atoms with Crippen molar-refractivity contribution in [3.05, 3.63) is 47.6 Å². The van der Waals surface area contributed by atoms with Crippen molar-refractivity contribution in [1.82, 2.24) is 4.98 Å². The molecule has 26 heavy (non-hydrogen) atoms. The second-order valence-electron chi connectivity index (χ2n) is 5.18. The number of aromatic nitrogens is 1. The number of halogens is 1. The van der Waals surface area contributed by atoms with Crippen LogP contribution in [0.5, 0.6) is 11.5 Å². The number of amides is 1. The molecule has 1 amide bonds. The second kappa shape index (κ2) is 9.62. The fraction of sp³-hybridized carbons (Fsp3) is 0.278. The van der Waals surface area contributed by atoms with Crippen molar-refractivity contribution in [1.29, 1.82) is 0 Å². The van der Waals surface area contributed by atoms with Crippen LogP contribution < -0.4 is 14.8 Å². The highest BCUT2D eigenvalue weighted by Gasteiger charge is 2.18. The number of rotatable bonds is 8. The number of anilines is 1. The van der Waals surface area contributed by atoms with Gasteiger partial charge in [-0.25, -0.2) is 9.78 Å². The molecule has 0 aliphatic heterocycles. The zero-order valence-corrected chi connectivity index (χ0v) is 15.2. The Bertz CT molecular complexity index is 734. The van der Waals surface area contributed by atoms with E-state index in [1.54, 1.807) is 36.4 Å². The third-order valence-corrected chi connectivity index (χ3v) is 3.37. The number of hydrogen-bond acceptors (Lipinski definition) is 6. The van der Waals surface area contributed by atoms with Crippen LogP contribution in [0.3, 0.4) is 0 Å². The number of carbonyl (C=O) groups is 2. The zero-order valence-electron chi connectivity index (χ0n) is 14.4. The Kier molecular flexibility index (Phi) is 7.23. The Balaban J connectivity index is 1.77. The van der Waals surface area contributed by atoms with Gasteiger partial charge in [0.15, 0.2) is 12.7 Å². The van der Waals surface area contributed by atoms with Crippen molar-refractivity contribution in [2.45, 2.75) is 20.0 Å². The summed E-state index contributed by atoms with van der Waals surface area (Å²) in [5.41, 5.74) is 0. The quantitative estimate of drug-likeness (QED) is 0.710. The minimum atomic E-state index is -0.996. The minimum Gasteiger partial charge on any atom is -0.494 e. The molecule has 138 valence electrons. The molecular weight excluding hydrogens is 360 g/mol. The largest absolute Gasteiger partial charge is 0.494 e. The SMILES string of the molecule is CCOc1ccc(OCC(=O)O[C@@H](C)C(=O)Nc2ccc(Cl)cn2)cc1. The number of ether oxygens (including phenoxy) is 3. The molecule has 0 saturated heterocycles. The third kappa shape index (κ3) is 6.25. The average Bonchev–Trinajstić information content (AvgIpc) is 2.63. The van der Waals surface area contributed by atoms with E-state index in [1.165, 1.54) is 13.1 Å². The Labute approximate surface area is 156 Å². The van der Waals surface area contributed by atoms with Gasteiger partial charge < -0.3 is 19.5 Å². The molecular formula is C18H19ClN2O5. The van der Waals surface area contributed by atoms with E-state index in [2.05, 4.69) is 10.3 Å². The standard InChI is InChI=1S/C18H19ClN2O5/c1-3-24-14-5-7-15(8-6-14)25-11-17(22)26-12(2)18(23)21-16-9-4-13(19)10-20-16/h4-10,12H,3,11H2,1-2H3,(H,20,21,23)/t12-/m0/s1. The molecule has 1 N–H and O–H groups in total. The highest BCUT2D eigenvalue weighted by atomic mass is 35.5. The molecule has 2 rings (SSSR count). The van der Waals surface area contributed by atoms with E-state index >= 15 is 0 Å². The Morgan fingerprint density at radius 1 is 1.12 bits per heavy atom. The van der Waals surface area contributed by atoms with Gasteiger partial charge in [-0.05, 0) is 50.2 Å². The summed E-state index contributed by atoms with van der Waals surface area (Å²) >= 11 is 5.72. The van der Waals surface area contributed by atoms with Crippen molar-refractivity contribution >= 4 is 29.3 Å². The molecule has 0 aliphatic rings. The number of carbonyl (C=O) groups excluding carboxylic acids is 2. The first-order chi connectivity index (χ1) is 12.5. The molecule has 8 heteroatoms. The van der Waals surface area contributed by atoms with Gasteiger partial charge in [0.25, 0.3) is 5.91 Å². The first kappa shape index (κ1) is 19.5. The number of esters is 1. The summed E-state index contributed by atoms with van der Waals surface area (Å²) in [6.45, 7) is 3.60. The molecule has 0 spiro atoms. The average molecular weight is 379 g/mol. The number of nitrogens with zero attached hydrogens (tertiary/aromatic N) is 1. The first-order valence-electron chi connectivity index (χ1n) is 7.95. The topological polar surface area (TPSA) is 86.8 Å². The third-order valence-electron chi connectivity index (χ3n) is 3.15. The number of benzene rings is 1. The molecule has 7 nitrogen and oxygen atoms in total. The lowest BCUT2D eigenvalue weighted by Crippen LogP contribution is -2.31. The molecule has 0 radical (unpaired) electrons. The summed E-state index contributed by atoms with van der Waals surface area (Å²) in [7, 11) is 0. The van der Waals surface area contributed by atoms with Gasteiger partial charge in [-0.3, -0.25) is 4.79 Å². The van der Waals surface area contributed by atoms with Crippen LogP contribution in [0.2, 0.25) is 5.02 Å². The van der Waals surface area contributed by atoms with Crippen LogP contribution in [0.25, 0.3) is 0 Å². The molecule has 1 atom stereocenters. The zero-order chi connectivity index (χ0) is 18.9. The number of pyridine rings is 1. The smallest absolute Gasteiger partial charge is 0.344 e. The molecule has 1 aromatic carbocycles. The highest BCUT2D eigenvalue weighted by molar-refractivity contribution is 6.30. The monoisotopic (exact) mass is 378 g/mol. The maximum atomic E-state index is 12.0. The van der Waals surface area contributed by atoms with Gasteiger partial charge in [0.05, 0.1) is 11.6 Å². The fourth-order valence-electron chi connectivity index (χ4n) is 1.90. The van der Waals surface area contributed by atoms with Gasteiger partial charge in [-0.1, -0.05) is 11.6 Å². The first-order valence-corrected chi connectivity index (χ1v) is 8.33. The van der Waals surface area contributed by atoms with Crippen LogP contribution in [-0.4, -0.2) is 36.2 Å². The summed E-state index contributed by atoms with van der Waals surface area (Å²) in [6.07, 6.45) is 0.405. The van der Waals surface area contributed by atoms with Crippen LogP contribution >= 0.6 is 11.6 Å². The van der Waals surface area contributed by atoms with E-state index in [1.807, 2.05) is 6.92 Å². The lowest BCUT2D eigenvalue weighted by Gasteiger charge is -2.13. The summed E-state index contributed by atoms with van der Waals surface area (Å²) in [6, 6.07) is 9.97. The molecule has 2 aromatic rings. The normalized spacial score (nSPS) is 11.3. The van der Waals surface area contributed by atoms with Crippen LogP contribution in [0.15, 0.2) is 42.6 Å². The van der Waals surface area contributed by atoms with Crippen molar-refractivity contribution < 1.29 is 23.8 Å². The molecule has 0 unspecified atom stereocenters. The fourth-order valence-corrected chi connectivity index (χ4v) is 2.02. The molecule has 1 heterocycles. The Hall–Kier alpha value is -2.80. The van der Waals surface area contributed by atoms with Crippen molar-refractivity contribution in [2.24, 2.45) is 0 Å². The van der Waals surface area contributed by atoms with Crippen molar-refractivity contribution in [3.8, 4) is 11.5 Å². The molecule has 0 saturated carbocycles. The molecule has 0 aliphatic carbocycles. The van der Waals surface area contributed by atoms with Gasteiger partial charge >= 0.3 is 5.97 Å². The van der Waals surface area contributed by atoms with Crippen LogP contribution in [-0.2, 0) is 14.3 Å². The van der Waals surface area contributed by atoms with Gasteiger partial charge in [-0.15, -0.1) is 0 Å². The van der Waals surface area contributed by atoms with E-state index in [-0.39, 0.29) is 6.61 Å². The van der Waals surface area contributed by atoms with E-state index in [0.29, 0.717) is 28.9 Å². The Morgan fingerprint density at radius 2 is 1.77 bits per heavy atom. The lowest BCUT2D eigenvalue weighted by molar-refractivity contribution is -0.155. The van der Waals surface area contributed by atoms with Gasteiger partial charge in [0.1, 0.15) is 17.3 Å². The summed E-state index contributed by atoms with van der Waals surface area (Å²) in [4.78, 5) is 27.7. The van der Waals surface area contributed by atoms with E-state index in [9.17, 15) is 9.59 Å². The molecule has 1 aromatic heterocycles. The van der Waals surface area contributed by atoms with Crippen LogP contribution in [0, 0.1) is 0 Å². The summed E-state index contributed by atoms with van der Waals surface area (Å²) < 4.78 is 15.7. The second-order valence-corrected chi connectivity index (χ2v) is 5.61. The number of hydrogen-bond donors (Lipinski definition) is 1. The minimum absolute atomic E-state index is 0.313. The van der Waals surface area contributed by atoms with E-state index in [4.69, 9.17) is 25.8 Å². The predicted octanol–water partition coefficient (Wildman–Crippen LogP) is 3.08. The van der Waals surface area contributed by atoms with Gasteiger partial charge in [0, 0.05) is 6.20 Å². The van der Waals surface area contributed by atoms with E-state index < -0.39 is 18.0 Å². The highest BCUT2D eigenvalue weighted by Crippen LogP contribution is 2.17. The van der Waals surface area contributed by atoms with Crippen LogP contribution in [0.4, 0.5) is 5.82 Å². The predicted molar refractivity (Wildman–Crippen MR) is 96.5 cm³/mol. The van der Waals surface area contributed by atoms with Crippen LogP contribution in [0.1, 0.15) is 13.8 Å². The summed E-state index contributed by atoms with van der Waals surface area (Å²) in [5, 5.41) is 2.98. The lowest BCUT2D eigenvalue weighted by atomic mass is 10.3. The van der Waals surface area contributed by atoms with Gasteiger partial charge in [0.2, 0.25) is 0 Å². The van der Waals surface area contributed by atoms with Crippen molar-refractivity contribution in [2.75, 3.05) is 18.5 Å². The summed E-state index contributed by atoms with van der Waals surface area (Å²) in [5.74, 6) is 0.351. The number of nitrogens with one attached hydrogen (secondary N) is 1. The molecule has 0 fully saturated rings. The Morgan fingerprint density at radius 3 is 2.35 bits per heavy atom. The van der Waals surface area contributed by atoms with Gasteiger partial charge in [-0.2, -0.15) is 0 Å². The molecule has 0 bridgehead atoms.